The summed E-state index contributed by atoms with van der Waals surface area (Å²) >= 11 is 0. The van der Waals surface area contributed by atoms with Gasteiger partial charge in [0.1, 0.15) is 0 Å². The SMILES string of the molecule is C=C(C)C(N)c1nn(C)c2ccccc12. The Morgan fingerprint density at radius 3 is 2.80 bits per heavy atom. The summed E-state index contributed by atoms with van der Waals surface area (Å²) in [6.07, 6.45) is 0. The number of aryl methyl sites for hydroxylation is 1. The maximum Gasteiger partial charge on any atom is 0.0912 e. The van der Waals surface area contributed by atoms with Crippen molar-refractivity contribution < 1.29 is 0 Å². The summed E-state index contributed by atoms with van der Waals surface area (Å²) in [5.41, 5.74) is 8.98. The van der Waals surface area contributed by atoms with Gasteiger partial charge in [-0.05, 0) is 13.0 Å². The van der Waals surface area contributed by atoms with Crippen LogP contribution in [0.3, 0.4) is 0 Å². The molecule has 0 bridgehead atoms. The van der Waals surface area contributed by atoms with E-state index in [4.69, 9.17) is 5.73 Å². The molecule has 1 aromatic carbocycles. The smallest absolute Gasteiger partial charge is 0.0912 e. The monoisotopic (exact) mass is 201 g/mol. The molecule has 0 saturated carbocycles. The van der Waals surface area contributed by atoms with Gasteiger partial charge in [-0.3, -0.25) is 4.68 Å². The number of hydrogen-bond acceptors (Lipinski definition) is 2. The third kappa shape index (κ3) is 1.55. The van der Waals surface area contributed by atoms with Crippen molar-refractivity contribution in [3.8, 4) is 0 Å². The van der Waals surface area contributed by atoms with Crippen LogP contribution in [-0.2, 0) is 7.05 Å². The molecule has 78 valence electrons. The van der Waals surface area contributed by atoms with E-state index in [1.165, 1.54) is 0 Å². The van der Waals surface area contributed by atoms with Gasteiger partial charge in [0.2, 0.25) is 0 Å². The molecule has 3 nitrogen and oxygen atoms in total. The maximum atomic E-state index is 6.04. The minimum atomic E-state index is -0.184. The summed E-state index contributed by atoms with van der Waals surface area (Å²) in [6, 6.07) is 7.90. The van der Waals surface area contributed by atoms with Gasteiger partial charge in [-0.25, -0.2) is 0 Å². The van der Waals surface area contributed by atoms with Crippen LogP contribution in [0, 0.1) is 0 Å². The second kappa shape index (κ2) is 3.51. The van der Waals surface area contributed by atoms with Crippen molar-refractivity contribution in [3.05, 3.63) is 42.1 Å². The molecule has 2 N–H and O–H groups in total. The Morgan fingerprint density at radius 1 is 1.47 bits per heavy atom. The summed E-state index contributed by atoms with van der Waals surface area (Å²) in [5.74, 6) is 0. The van der Waals surface area contributed by atoms with E-state index in [2.05, 4.69) is 11.7 Å². The van der Waals surface area contributed by atoms with Crippen molar-refractivity contribution in [1.82, 2.24) is 9.78 Å². The first-order chi connectivity index (χ1) is 7.11. The molecule has 2 rings (SSSR count). The number of nitrogens with two attached hydrogens (primary N) is 1. The molecule has 1 unspecified atom stereocenters. The summed E-state index contributed by atoms with van der Waals surface area (Å²) in [7, 11) is 1.93. The molecule has 1 aromatic heterocycles. The zero-order valence-electron chi connectivity index (χ0n) is 9.07. The number of nitrogens with zero attached hydrogens (tertiary/aromatic N) is 2. The molecule has 0 radical (unpaired) electrons. The first-order valence-corrected chi connectivity index (χ1v) is 4.94. The van der Waals surface area contributed by atoms with Crippen LogP contribution in [0.2, 0.25) is 0 Å². The third-order valence-corrected chi connectivity index (χ3v) is 2.61. The highest BCUT2D eigenvalue weighted by Gasteiger charge is 2.15. The quantitative estimate of drug-likeness (QED) is 0.756. The minimum absolute atomic E-state index is 0.184. The fourth-order valence-electron chi connectivity index (χ4n) is 1.70. The second-order valence-electron chi connectivity index (χ2n) is 3.85. The van der Waals surface area contributed by atoms with E-state index in [0.717, 1.165) is 22.2 Å². The molecular formula is C12H15N3. The van der Waals surface area contributed by atoms with Crippen molar-refractivity contribution >= 4 is 10.9 Å². The van der Waals surface area contributed by atoms with Gasteiger partial charge in [0.25, 0.3) is 0 Å². The molecule has 0 spiro atoms. The number of fused-ring (bicyclic) bond motifs is 1. The summed E-state index contributed by atoms with van der Waals surface area (Å²) in [6.45, 7) is 5.80. The van der Waals surface area contributed by atoms with Crippen molar-refractivity contribution in [2.45, 2.75) is 13.0 Å². The van der Waals surface area contributed by atoms with Crippen LogP contribution in [0.1, 0.15) is 18.7 Å². The molecule has 0 aliphatic rings. The largest absolute Gasteiger partial charge is 0.319 e. The third-order valence-electron chi connectivity index (χ3n) is 2.61. The van der Waals surface area contributed by atoms with E-state index in [1.807, 2.05) is 42.9 Å². The fraction of sp³-hybridized carbons (Fsp3) is 0.250. The van der Waals surface area contributed by atoms with Crippen LogP contribution < -0.4 is 5.73 Å². The molecule has 0 amide bonds. The molecule has 0 aliphatic heterocycles. The van der Waals surface area contributed by atoms with Gasteiger partial charge in [-0.2, -0.15) is 5.10 Å². The van der Waals surface area contributed by atoms with Crippen LogP contribution in [0.15, 0.2) is 36.4 Å². The minimum Gasteiger partial charge on any atom is -0.319 e. The normalized spacial score (nSPS) is 13.0. The predicted octanol–water partition coefficient (Wildman–Crippen LogP) is 2.15. The summed E-state index contributed by atoms with van der Waals surface area (Å²) in [5, 5.41) is 5.55. The number of aromatic nitrogens is 2. The van der Waals surface area contributed by atoms with Crippen molar-refractivity contribution in [1.29, 1.82) is 0 Å². The standard InChI is InChI=1S/C12H15N3/c1-8(2)11(13)12-9-6-4-5-7-10(9)15(3)14-12/h4-7,11H,1,13H2,2-3H3. The lowest BCUT2D eigenvalue weighted by Gasteiger charge is -2.07. The number of rotatable bonds is 2. The van der Waals surface area contributed by atoms with Crippen molar-refractivity contribution in [3.63, 3.8) is 0 Å². The van der Waals surface area contributed by atoms with Gasteiger partial charge in [-0.15, -0.1) is 0 Å². The number of para-hydroxylation sites is 1. The van der Waals surface area contributed by atoms with Crippen LogP contribution in [0.5, 0.6) is 0 Å². The summed E-state index contributed by atoms with van der Waals surface area (Å²) < 4.78 is 1.85. The van der Waals surface area contributed by atoms with Gasteiger partial charge in [0.05, 0.1) is 17.3 Å². The Balaban J connectivity index is 2.67. The van der Waals surface area contributed by atoms with Crippen LogP contribution in [0.4, 0.5) is 0 Å². The molecule has 1 atom stereocenters. The van der Waals surface area contributed by atoms with E-state index >= 15 is 0 Å². The van der Waals surface area contributed by atoms with E-state index in [0.29, 0.717) is 0 Å². The molecule has 15 heavy (non-hydrogen) atoms. The second-order valence-corrected chi connectivity index (χ2v) is 3.85. The van der Waals surface area contributed by atoms with Crippen molar-refractivity contribution in [2.75, 3.05) is 0 Å². The van der Waals surface area contributed by atoms with Crippen molar-refractivity contribution in [2.24, 2.45) is 12.8 Å². The van der Waals surface area contributed by atoms with E-state index in [9.17, 15) is 0 Å². The number of hydrogen-bond donors (Lipinski definition) is 1. The molecule has 2 aromatic rings. The Labute approximate surface area is 89.2 Å². The maximum absolute atomic E-state index is 6.04. The molecule has 3 heteroatoms. The first kappa shape index (κ1) is 9.93. The molecule has 0 saturated heterocycles. The molecule has 0 fully saturated rings. The molecule has 0 aliphatic carbocycles. The van der Waals surface area contributed by atoms with Crippen LogP contribution >= 0.6 is 0 Å². The highest BCUT2D eigenvalue weighted by Crippen LogP contribution is 2.24. The Kier molecular flexibility index (Phi) is 2.32. The van der Waals surface area contributed by atoms with Crippen LogP contribution in [0.25, 0.3) is 10.9 Å². The summed E-state index contributed by atoms with van der Waals surface area (Å²) in [4.78, 5) is 0. The van der Waals surface area contributed by atoms with Gasteiger partial charge in [0, 0.05) is 12.4 Å². The number of benzene rings is 1. The molecule has 1 heterocycles. The lowest BCUT2D eigenvalue weighted by molar-refractivity contribution is 0.726. The van der Waals surface area contributed by atoms with Crippen LogP contribution in [-0.4, -0.2) is 9.78 Å². The van der Waals surface area contributed by atoms with E-state index in [1.54, 1.807) is 0 Å². The first-order valence-electron chi connectivity index (χ1n) is 4.94. The molecular weight excluding hydrogens is 186 g/mol. The Bertz CT molecular complexity index is 511. The lowest BCUT2D eigenvalue weighted by atomic mass is 10.0. The highest BCUT2D eigenvalue weighted by molar-refractivity contribution is 5.82. The van der Waals surface area contributed by atoms with Gasteiger partial charge in [-0.1, -0.05) is 30.4 Å². The Morgan fingerprint density at radius 2 is 2.13 bits per heavy atom. The van der Waals surface area contributed by atoms with Gasteiger partial charge in [0.15, 0.2) is 0 Å². The zero-order valence-corrected chi connectivity index (χ0v) is 9.07. The highest BCUT2D eigenvalue weighted by atomic mass is 15.3. The van der Waals surface area contributed by atoms with E-state index in [-0.39, 0.29) is 6.04 Å². The van der Waals surface area contributed by atoms with Gasteiger partial charge < -0.3 is 5.73 Å². The average molecular weight is 201 g/mol. The Hall–Kier alpha value is -1.61. The van der Waals surface area contributed by atoms with Gasteiger partial charge >= 0.3 is 0 Å². The topological polar surface area (TPSA) is 43.8 Å². The predicted molar refractivity (Wildman–Crippen MR) is 62.5 cm³/mol. The fourth-order valence-corrected chi connectivity index (χ4v) is 1.70. The average Bonchev–Trinajstić information content (AvgIpc) is 2.56. The van der Waals surface area contributed by atoms with E-state index < -0.39 is 0 Å². The zero-order chi connectivity index (χ0) is 11.0. The lowest BCUT2D eigenvalue weighted by Crippen LogP contribution is -2.12.